The Hall–Kier alpha value is -1.65. The molecule has 1 aromatic carbocycles. The molecule has 0 saturated heterocycles. The van der Waals surface area contributed by atoms with Gasteiger partial charge >= 0.3 is 5.97 Å². The second-order valence-corrected chi connectivity index (χ2v) is 6.01. The summed E-state index contributed by atoms with van der Waals surface area (Å²) in [6.07, 6.45) is 2.02. The fraction of sp³-hybridized carbons (Fsp3) is 0.471. The number of aliphatic hydroxyl groups is 2. The number of fused-ring (bicyclic) bond motifs is 2. The molecule has 21 heavy (non-hydrogen) atoms. The number of ether oxygens (including phenoxy) is 1. The van der Waals surface area contributed by atoms with Gasteiger partial charge in [0.1, 0.15) is 6.10 Å². The molecule has 112 valence electrons. The first-order chi connectivity index (χ1) is 10.1. The molecule has 4 atom stereocenters. The second kappa shape index (κ2) is 5.28. The minimum Gasteiger partial charge on any atom is -0.458 e. The van der Waals surface area contributed by atoms with Crippen LogP contribution in [0, 0.1) is 11.8 Å². The van der Waals surface area contributed by atoms with E-state index >= 15 is 0 Å². The maximum atomic E-state index is 12.2. The molecule has 4 nitrogen and oxygen atoms in total. The molecule has 2 bridgehead atoms. The monoisotopic (exact) mass is 288 g/mol. The highest BCUT2D eigenvalue weighted by atomic mass is 16.5. The van der Waals surface area contributed by atoms with Crippen molar-refractivity contribution >= 4 is 5.97 Å². The SMILES string of the molecule is C=C(CO)C1(O)[C@@H]2CC[C@H]1[C@@H](OC(=O)c1ccccc1)C2. The second-order valence-electron chi connectivity index (χ2n) is 6.01. The number of aliphatic hydroxyl groups excluding tert-OH is 1. The number of hydrogen-bond acceptors (Lipinski definition) is 4. The molecule has 0 radical (unpaired) electrons. The highest BCUT2D eigenvalue weighted by Gasteiger charge is 2.60. The van der Waals surface area contributed by atoms with E-state index in [0.29, 0.717) is 17.6 Å². The highest BCUT2D eigenvalue weighted by Crippen LogP contribution is 2.56. The van der Waals surface area contributed by atoms with Gasteiger partial charge in [0.25, 0.3) is 0 Å². The van der Waals surface area contributed by atoms with Gasteiger partial charge in [-0.1, -0.05) is 24.8 Å². The molecule has 2 aliphatic carbocycles. The van der Waals surface area contributed by atoms with E-state index in [1.165, 1.54) is 0 Å². The predicted molar refractivity (Wildman–Crippen MR) is 77.7 cm³/mol. The minimum absolute atomic E-state index is 0.0238. The smallest absolute Gasteiger partial charge is 0.338 e. The van der Waals surface area contributed by atoms with Crippen LogP contribution in [0.4, 0.5) is 0 Å². The summed E-state index contributed by atoms with van der Waals surface area (Å²) in [6.45, 7) is 3.57. The van der Waals surface area contributed by atoms with Crippen LogP contribution in [-0.2, 0) is 4.74 Å². The lowest BCUT2D eigenvalue weighted by Crippen LogP contribution is -2.40. The summed E-state index contributed by atoms with van der Waals surface area (Å²) in [7, 11) is 0. The zero-order valence-corrected chi connectivity index (χ0v) is 11.9. The van der Waals surface area contributed by atoms with Crippen molar-refractivity contribution in [2.45, 2.75) is 31.0 Å². The van der Waals surface area contributed by atoms with Crippen LogP contribution in [0.2, 0.25) is 0 Å². The van der Waals surface area contributed by atoms with Crippen molar-refractivity contribution in [2.24, 2.45) is 11.8 Å². The number of carbonyl (C=O) groups excluding carboxylic acids is 1. The van der Waals surface area contributed by atoms with Crippen LogP contribution < -0.4 is 0 Å². The first-order valence-corrected chi connectivity index (χ1v) is 7.35. The molecule has 3 rings (SSSR count). The third-order valence-electron chi connectivity index (χ3n) is 5.00. The Balaban J connectivity index is 1.75. The molecular formula is C17H20O4. The number of esters is 1. The number of rotatable bonds is 4. The Morgan fingerprint density at radius 2 is 2.05 bits per heavy atom. The van der Waals surface area contributed by atoms with Gasteiger partial charge in [0, 0.05) is 5.92 Å². The topological polar surface area (TPSA) is 66.8 Å². The van der Waals surface area contributed by atoms with Crippen molar-refractivity contribution in [3.63, 3.8) is 0 Å². The van der Waals surface area contributed by atoms with Gasteiger partial charge in [-0.05, 0) is 42.9 Å². The molecule has 2 fully saturated rings. The van der Waals surface area contributed by atoms with E-state index in [9.17, 15) is 15.0 Å². The Morgan fingerprint density at radius 3 is 2.71 bits per heavy atom. The van der Waals surface area contributed by atoms with Gasteiger partial charge < -0.3 is 14.9 Å². The van der Waals surface area contributed by atoms with Crippen LogP contribution in [-0.4, -0.2) is 34.5 Å². The summed E-state index contributed by atoms with van der Waals surface area (Å²) in [5.74, 6) is -0.490. The number of benzene rings is 1. The molecule has 0 amide bonds. The van der Waals surface area contributed by atoms with E-state index in [-0.39, 0.29) is 30.5 Å². The Labute approximate surface area is 124 Å². The third kappa shape index (κ3) is 2.19. The lowest BCUT2D eigenvalue weighted by atomic mass is 9.84. The molecule has 4 heteroatoms. The van der Waals surface area contributed by atoms with Crippen LogP contribution in [0.25, 0.3) is 0 Å². The molecule has 2 aliphatic rings. The van der Waals surface area contributed by atoms with Crippen LogP contribution >= 0.6 is 0 Å². The molecule has 1 unspecified atom stereocenters. The quantitative estimate of drug-likeness (QED) is 0.656. The number of hydrogen-bond donors (Lipinski definition) is 2. The van der Waals surface area contributed by atoms with Crippen molar-refractivity contribution in [2.75, 3.05) is 6.61 Å². The first-order valence-electron chi connectivity index (χ1n) is 7.35. The van der Waals surface area contributed by atoms with Gasteiger partial charge in [0.15, 0.2) is 0 Å². The first kappa shape index (κ1) is 14.3. The minimum atomic E-state index is -1.09. The third-order valence-corrected chi connectivity index (χ3v) is 5.00. The summed E-state index contributed by atoms with van der Waals surface area (Å²) in [5, 5.41) is 20.2. The molecule has 2 N–H and O–H groups in total. The Bertz CT molecular complexity index is 553. The number of carbonyl (C=O) groups is 1. The van der Waals surface area contributed by atoms with E-state index < -0.39 is 5.60 Å². The van der Waals surface area contributed by atoms with E-state index in [1.807, 2.05) is 6.07 Å². The van der Waals surface area contributed by atoms with Crippen molar-refractivity contribution in [3.05, 3.63) is 48.0 Å². The maximum absolute atomic E-state index is 12.2. The molecule has 0 spiro atoms. The zero-order chi connectivity index (χ0) is 15.0. The summed E-state index contributed by atoms with van der Waals surface area (Å²) in [4.78, 5) is 12.2. The van der Waals surface area contributed by atoms with Crippen LogP contribution in [0.3, 0.4) is 0 Å². The van der Waals surface area contributed by atoms with E-state index in [1.54, 1.807) is 24.3 Å². The Kier molecular flexibility index (Phi) is 3.59. The summed E-state index contributed by atoms with van der Waals surface area (Å²) >= 11 is 0. The average molecular weight is 288 g/mol. The molecule has 0 heterocycles. The largest absolute Gasteiger partial charge is 0.458 e. The molecule has 1 aromatic rings. The molecule has 0 aliphatic heterocycles. The molecule has 2 saturated carbocycles. The fourth-order valence-electron chi connectivity index (χ4n) is 3.92. The van der Waals surface area contributed by atoms with Crippen LogP contribution in [0.15, 0.2) is 42.5 Å². The summed E-state index contributed by atoms with van der Waals surface area (Å²) < 4.78 is 5.60. The van der Waals surface area contributed by atoms with Crippen molar-refractivity contribution in [1.82, 2.24) is 0 Å². The molecule has 0 aromatic heterocycles. The predicted octanol–water partition coefficient (Wildman–Crippen LogP) is 1.92. The average Bonchev–Trinajstić information content (AvgIpc) is 2.98. The van der Waals surface area contributed by atoms with Gasteiger partial charge in [-0.25, -0.2) is 4.79 Å². The Morgan fingerprint density at radius 1 is 1.33 bits per heavy atom. The fourth-order valence-corrected chi connectivity index (χ4v) is 3.92. The lowest BCUT2D eigenvalue weighted by Gasteiger charge is -2.30. The highest BCUT2D eigenvalue weighted by molar-refractivity contribution is 5.89. The zero-order valence-electron chi connectivity index (χ0n) is 11.9. The van der Waals surface area contributed by atoms with Gasteiger partial charge in [-0.3, -0.25) is 0 Å². The van der Waals surface area contributed by atoms with Gasteiger partial charge in [0.05, 0.1) is 17.8 Å². The van der Waals surface area contributed by atoms with Gasteiger partial charge in [-0.2, -0.15) is 0 Å². The van der Waals surface area contributed by atoms with Gasteiger partial charge in [0.2, 0.25) is 0 Å². The van der Waals surface area contributed by atoms with E-state index in [4.69, 9.17) is 4.74 Å². The van der Waals surface area contributed by atoms with E-state index in [0.717, 1.165) is 12.8 Å². The van der Waals surface area contributed by atoms with Crippen LogP contribution in [0.1, 0.15) is 29.6 Å². The van der Waals surface area contributed by atoms with Crippen molar-refractivity contribution in [1.29, 1.82) is 0 Å². The molecular weight excluding hydrogens is 268 g/mol. The summed E-state index contributed by atoms with van der Waals surface area (Å²) in [6, 6.07) is 8.86. The standard InChI is InChI=1S/C17H20O4/c1-11(10-18)17(20)13-7-8-14(17)15(9-13)21-16(19)12-5-3-2-4-6-12/h2-6,13-15,18,20H,1,7-10H2/t13-,14+,15+,17?/m1/s1. The van der Waals surface area contributed by atoms with Crippen molar-refractivity contribution in [3.8, 4) is 0 Å². The maximum Gasteiger partial charge on any atom is 0.338 e. The lowest BCUT2D eigenvalue weighted by molar-refractivity contribution is -0.0149. The van der Waals surface area contributed by atoms with Crippen molar-refractivity contribution < 1.29 is 19.7 Å². The van der Waals surface area contributed by atoms with E-state index in [2.05, 4.69) is 6.58 Å². The van der Waals surface area contributed by atoms with Crippen LogP contribution in [0.5, 0.6) is 0 Å². The summed E-state index contributed by atoms with van der Waals surface area (Å²) in [5.41, 5.74) is -0.130. The van der Waals surface area contributed by atoms with Gasteiger partial charge in [-0.15, -0.1) is 0 Å². The normalized spacial score (nSPS) is 33.9.